The van der Waals surface area contributed by atoms with E-state index in [1.165, 1.54) is 5.69 Å². The quantitative estimate of drug-likeness (QED) is 0.404. The Kier molecular flexibility index (Phi) is 7.71. The van der Waals surface area contributed by atoms with E-state index in [2.05, 4.69) is 47.4 Å². The van der Waals surface area contributed by atoms with E-state index in [1.807, 2.05) is 19.1 Å². The predicted molar refractivity (Wildman–Crippen MR) is 153 cm³/mol. The molecule has 3 aromatic rings. The zero-order valence-corrected chi connectivity index (χ0v) is 22.9. The van der Waals surface area contributed by atoms with Gasteiger partial charge in [-0.15, -0.1) is 0 Å². The fourth-order valence-electron chi connectivity index (χ4n) is 5.47. The first-order chi connectivity index (χ1) is 19.9. The van der Waals surface area contributed by atoms with Gasteiger partial charge in [0.25, 0.3) is 5.92 Å². The highest BCUT2D eigenvalue weighted by atomic mass is 19.3. The van der Waals surface area contributed by atoms with E-state index in [0.717, 1.165) is 50.6 Å². The summed E-state index contributed by atoms with van der Waals surface area (Å²) in [5, 5.41) is 5.96. The minimum absolute atomic E-state index is 0.166. The summed E-state index contributed by atoms with van der Waals surface area (Å²) in [6, 6.07) is 13.9. The summed E-state index contributed by atoms with van der Waals surface area (Å²) in [5.41, 5.74) is 4.32. The maximum absolute atomic E-state index is 14.3. The van der Waals surface area contributed by atoms with Gasteiger partial charge in [0.15, 0.2) is 6.10 Å². The first kappa shape index (κ1) is 27.3. The molecule has 9 nitrogen and oxygen atoms in total. The maximum atomic E-state index is 14.3. The van der Waals surface area contributed by atoms with E-state index in [0.29, 0.717) is 29.8 Å². The summed E-state index contributed by atoms with van der Waals surface area (Å²) in [4.78, 5) is 17.5. The second-order valence-corrected chi connectivity index (χ2v) is 10.7. The van der Waals surface area contributed by atoms with Crippen LogP contribution in [0.3, 0.4) is 0 Å². The third-order valence-corrected chi connectivity index (χ3v) is 7.98. The van der Waals surface area contributed by atoms with Gasteiger partial charge >= 0.3 is 0 Å². The third kappa shape index (κ3) is 5.95. The molecule has 0 aliphatic carbocycles. The summed E-state index contributed by atoms with van der Waals surface area (Å²) in [7, 11) is 0. The number of alkyl halides is 2. The van der Waals surface area contributed by atoms with Crippen LogP contribution in [0.15, 0.2) is 48.7 Å². The first-order valence-corrected chi connectivity index (χ1v) is 13.9. The van der Waals surface area contributed by atoms with E-state index in [-0.39, 0.29) is 17.9 Å². The maximum Gasteiger partial charge on any atom is 0.296 e. The molecule has 0 spiro atoms. The molecule has 1 atom stereocenters. The molecule has 214 valence electrons. The number of halogens is 2. The molecule has 0 radical (unpaired) electrons. The molecule has 3 saturated heterocycles. The van der Waals surface area contributed by atoms with Gasteiger partial charge in [-0.25, -0.2) is 23.6 Å². The number of aryl methyl sites for hydroxylation is 1. The zero-order valence-electron chi connectivity index (χ0n) is 22.9. The largest absolute Gasteiger partial charge is 0.495 e. The van der Waals surface area contributed by atoms with Gasteiger partial charge in [-0.2, -0.15) is 0 Å². The van der Waals surface area contributed by atoms with Crippen LogP contribution in [-0.2, 0) is 4.74 Å². The van der Waals surface area contributed by atoms with Gasteiger partial charge in [0.05, 0.1) is 38.1 Å². The fraction of sp³-hybridized carbons (Fsp3) is 0.433. The second kappa shape index (κ2) is 11.6. The molecule has 11 heteroatoms. The third-order valence-electron chi connectivity index (χ3n) is 7.98. The molecular formula is C30H33F2N7O2. The van der Waals surface area contributed by atoms with Crippen LogP contribution in [0.4, 0.5) is 31.8 Å². The smallest absolute Gasteiger partial charge is 0.296 e. The lowest BCUT2D eigenvalue weighted by Crippen LogP contribution is -2.56. The summed E-state index contributed by atoms with van der Waals surface area (Å²) in [6.45, 7) is 15.3. The predicted octanol–water partition coefficient (Wildman–Crippen LogP) is 4.64. The SMILES string of the molecule is [C-]#[N+]c1cc(-c2ccnc(Nc3ccc(N4CCN(C5COC5)CC4)cc3)n2)c(C)cc1OC1CCNCC1(F)F. The average Bonchev–Trinajstić information content (AvgIpc) is 2.94. The van der Waals surface area contributed by atoms with Gasteiger partial charge in [-0.05, 0) is 67.1 Å². The number of rotatable bonds is 7. The van der Waals surface area contributed by atoms with Crippen molar-refractivity contribution in [3.05, 3.63) is 65.6 Å². The number of nitrogens with one attached hydrogen (secondary N) is 2. The molecule has 0 saturated carbocycles. The van der Waals surface area contributed by atoms with Gasteiger partial charge < -0.3 is 25.0 Å². The molecule has 0 bridgehead atoms. The van der Waals surface area contributed by atoms with Crippen molar-refractivity contribution in [2.75, 3.05) is 62.7 Å². The monoisotopic (exact) mass is 561 g/mol. The number of anilines is 3. The molecule has 3 fully saturated rings. The number of hydrogen-bond donors (Lipinski definition) is 2. The summed E-state index contributed by atoms with van der Waals surface area (Å²) < 4.78 is 39.7. The number of benzene rings is 2. The molecular weight excluding hydrogens is 528 g/mol. The Morgan fingerprint density at radius 2 is 1.90 bits per heavy atom. The Hall–Kier alpha value is -3.85. The Balaban J connectivity index is 1.13. The highest BCUT2D eigenvalue weighted by molar-refractivity contribution is 5.74. The van der Waals surface area contributed by atoms with Gasteiger partial charge in [0, 0.05) is 50.2 Å². The second-order valence-electron chi connectivity index (χ2n) is 10.7. The van der Waals surface area contributed by atoms with Crippen molar-refractivity contribution < 1.29 is 18.3 Å². The van der Waals surface area contributed by atoms with E-state index in [9.17, 15) is 8.78 Å². The number of hydrogen-bond acceptors (Lipinski definition) is 8. The average molecular weight is 562 g/mol. The number of piperidine rings is 1. The zero-order chi connectivity index (χ0) is 28.4. The molecule has 2 N–H and O–H groups in total. The van der Waals surface area contributed by atoms with Crippen LogP contribution in [-0.4, -0.2) is 85.4 Å². The van der Waals surface area contributed by atoms with Gasteiger partial charge in [0.2, 0.25) is 11.6 Å². The van der Waals surface area contributed by atoms with Crippen molar-refractivity contribution in [3.8, 4) is 17.0 Å². The van der Waals surface area contributed by atoms with E-state index >= 15 is 0 Å². The van der Waals surface area contributed by atoms with Crippen molar-refractivity contribution in [3.63, 3.8) is 0 Å². The molecule has 2 aromatic carbocycles. The first-order valence-electron chi connectivity index (χ1n) is 13.9. The molecule has 3 aliphatic rings. The molecule has 1 aromatic heterocycles. The lowest BCUT2D eigenvalue weighted by atomic mass is 10.0. The Bertz CT molecular complexity index is 1420. The minimum atomic E-state index is -3.00. The van der Waals surface area contributed by atoms with Crippen LogP contribution in [0.25, 0.3) is 16.1 Å². The van der Waals surface area contributed by atoms with Crippen molar-refractivity contribution in [2.45, 2.75) is 31.4 Å². The van der Waals surface area contributed by atoms with Gasteiger partial charge in [-0.3, -0.25) is 4.90 Å². The molecule has 41 heavy (non-hydrogen) atoms. The Labute approximate surface area is 238 Å². The van der Waals surface area contributed by atoms with Crippen molar-refractivity contribution in [1.82, 2.24) is 20.2 Å². The molecule has 4 heterocycles. The van der Waals surface area contributed by atoms with Crippen LogP contribution in [0.1, 0.15) is 12.0 Å². The van der Waals surface area contributed by atoms with Crippen molar-refractivity contribution in [2.24, 2.45) is 0 Å². The van der Waals surface area contributed by atoms with E-state index < -0.39 is 18.6 Å². The summed E-state index contributed by atoms with van der Waals surface area (Å²) in [5.74, 6) is -2.42. The fourth-order valence-corrected chi connectivity index (χ4v) is 5.47. The topological polar surface area (TPSA) is 79.1 Å². The summed E-state index contributed by atoms with van der Waals surface area (Å²) >= 11 is 0. The van der Waals surface area contributed by atoms with Gasteiger partial charge in [0.1, 0.15) is 5.75 Å². The minimum Gasteiger partial charge on any atom is -0.495 e. The number of piperazine rings is 1. The standard InChI is InChI=1S/C30H33F2N7O2/c1-20-15-27(41-28-8-9-34-19-30(28,31)32)26(33-2)16-24(20)25-7-10-35-29(37-25)36-21-3-5-22(6-4-21)38-11-13-39(14-12-38)23-17-40-18-23/h3-7,10,15-16,23,28,34H,8-9,11-14,17-19H2,1H3,(H,35,36,37). The lowest BCUT2D eigenvalue weighted by molar-refractivity contribution is -0.108. The van der Waals surface area contributed by atoms with Crippen LogP contribution >= 0.6 is 0 Å². The van der Waals surface area contributed by atoms with Crippen molar-refractivity contribution in [1.29, 1.82) is 0 Å². The highest BCUT2D eigenvalue weighted by Gasteiger charge is 2.43. The normalized spacial score (nSPS) is 21.1. The van der Waals surface area contributed by atoms with Crippen LogP contribution in [0.2, 0.25) is 0 Å². The van der Waals surface area contributed by atoms with E-state index in [1.54, 1.807) is 24.4 Å². The molecule has 3 aliphatic heterocycles. The van der Waals surface area contributed by atoms with Crippen LogP contribution in [0.5, 0.6) is 5.75 Å². The summed E-state index contributed by atoms with van der Waals surface area (Å²) in [6.07, 6.45) is 0.547. The number of ether oxygens (including phenoxy) is 2. The molecule has 6 rings (SSSR count). The lowest BCUT2D eigenvalue weighted by Gasteiger charge is -2.43. The van der Waals surface area contributed by atoms with Crippen LogP contribution < -0.4 is 20.3 Å². The van der Waals surface area contributed by atoms with Crippen LogP contribution in [0, 0.1) is 13.5 Å². The Morgan fingerprint density at radius 3 is 2.59 bits per heavy atom. The highest BCUT2D eigenvalue weighted by Crippen LogP contribution is 2.38. The molecule has 0 amide bonds. The van der Waals surface area contributed by atoms with Crippen molar-refractivity contribution >= 4 is 23.0 Å². The number of aromatic nitrogens is 2. The van der Waals surface area contributed by atoms with E-state index in [4.69, 9.17) is 16.0 Å². The van der Waals surface area contributed by atoms with Gasteiger partial charge in [-0.1, -0.05) is 0 Å². The number of nitrogens with zero attached hydrogens (tertiary/aromatic N) is 5. The Morgan fingerprint density at radius 1 is 1.12 bits per heavy atom. The molecule has 1 unspecified atom stereocenters.